The van der Waals surface area contributed by atoms with Crippen molar-refractivity contribution in [1.82, 2.24) is 4.98 Å². The summed E-state index contributed by atoms with van der Waals surface area (Å²) in [6, 6.07) is 2.37. The van der Waals surface area contributed by atoms with Gasteiger partial charge in [-0.1, -0.05) is 0 Å². The number of ether oxygens (including phenoxy) is 1. The predicted octanol–water partition coefficient (Wildman–Crippen LogP) is 1.64. The van der Waals surface area contributed by atoms with Crippen molar-refractivity contribution in [2.75, 3.05) is 17.7 Å². The van der Waals surface area contributed by atoms with Crippen LogP contribution in [0.1, 0.15) is 19.8 Å². The van der Waals surface area contributed by atoms with Gasteiger partial charge in [0.25, 0.3) is 0 Å². The Morgan fingerprint density at radius 2 is 2.47 bits per heavy atom. The van der Waals surface area contributed by atoms with E-state index >= 15 is 0 Å². The van der Waals surface area contributed by atoms with Crippen molar-refractivity contribution < 1.29 is 4.74 Å². The molecule has 0 saturated carbocycles. The average molecular weight is 207 g/mol. The van der Waals surface area contributed by atoms with E-state index in [1.54, 1.807) is 12.4 Å². The number of hydrogen-bond donors (Lipinski definition) is 2. The van der Waals surface area contributed by atoms with Crippen LogP contribution in [-0.2, 0) is 4.74 Å². The molecule has 4 nitrogen and oxygen atoms in total. The smallest absolute Gasteiger partial charge is 0.0736 e. The minimum absolute atomic E-state index is 0.333. The maximum Gasteiger partial charge on any atom is 0.0736 e. The minimum atomic E-state index is 0.333. The normalized spacial score (nSPS) is 26.2. The van der Waals surface area contributed by atoms with Gasteiger partial charge in [0.05, 0.1) is 23.7 Å². The number of nitrogens with two attached hydrogens (primary N) is 1. The zero-order chi connectivity index (χ0) is 10.7. The van der Waals surface area contributed by atoms with Gasteiger partial charge in [-0.15, -0.1) is 0 Å². The fourth-order valence-electron chi connectivity index (χ4n) is 1.89. The van der Waals surface area contributed by atoms with Gasteiger partial charge in [-0.05, 0) is 25.8 Å². The standard InChI is InChI=1S/C11H17N3O/c1-8-6-9(3-5-15-8)14-11-2-4-13-7-10(11)12/h2,4,7-9H,3,5-6,12H2,1H3,(H,13,14). The molecule has 1 aromatic rings. The monoisotopic (exact) mass is 207 g/mol. The number of aromatic nitrogens is 1. The van der Waals surface area contributed by atoms with Crippen LogP contribution in [0.4, 0.5) is 11.4 Å². The second-order valence-electron chi connectivity index (χ2n) is 4.01. The molecule has 2 unspecified atom stereocenters. The molecule has 0 aliphatic carbocycles. The molecular formula is C11H17N3O. The largest absolute Gasteiger partial charge is 0.396 e. The summed E-state index contributed by atoms with van der Waals surface area (Å²) in [6.45, 7) is 2.92. The molecule has 1 aliphatic rings. The van der Waals surface area contributed by atoms with Crippen LogP contribution < -0.4 is 11.1 Å². The van der Waals surface area contributed by atoms with Gasteiger partial charge in [-0.25, -0.2) is 0 Å². The zero-order valence-corrected chi connectivity index (χ0v) is 8.94. The lowest BCUT2D eigenvalue weighted by Crippen LogP contribution is -2.32. The Hall–Kier alpha value is -1.29. The first-order chi connectivity index (χ1) is 7.25. The summed E-state index contributed by atoms with van der Waals surface area (Å²) in [5, 5.41) is 3.43. The molecule has 2 rings (SSSR count). The number of nitrogens with zero attached hydrogens (tertiary/aromatic N) is 1. The van der Waals surface area contributed by atoms with Crippen molar-refractivity contribution in [2.24, 2.45) is 0 Å². The molecule has 0 spiro atoms. The Morgan fingerprint density at radius 3 is 3.20 bits per heavy atom. The topological polar surface area (TPSA) is 60.2 Å². The molecule has 0 radical (unpaired) electrons. The highest BCUT2D eigenvalue weighted by Crippen LogP contribution is 2.21. The highest BCUT2D eigenvalue weighted by Gasteiger charge is 2.19. The van der Waals surface area contributed by atoms with Crippen molar-refractivity contribution in [3.63, 3.8) is 0 Å². The van der Waals surface area contributed by atoms with Crippen LogP contribution in [0.2, 0.25) is 0 Å². The maximum absolute atomic E-state index is 5.82. The Bertz CT molecular complexity index is 329. The Kier molecular flexibility index (Phi) is 3.06. The quantitative estimate of drug-likeness (QED) is 0.774. The predicted molar refractivity (Wildman–Crippen MR) is 60.7 cm³/mol. The first kappa shape index (κ1) is 10.2. The molecule has 0 amide bonds. The van der Waals surface area contributed by atoms with Crippen LogP contribution in [0.25, 0.3) is 0 Å². The SMILES string of the molecule is CC1CC(Nc2ccncc2N)CCO1. The number of nitrogen functional groups attached to an aromatic ring is 1. The molecule has 4 heteroatoms. The fourth-order valence-corrected chi connectivity index (χ4v) is 1.89. The Labute approximate surface area is 89.8 Å². The zero-order valence-electron chi connectivity index (χ0n) is 8.94. The van der Waals surface area contributed by atoms with E-state index in [-0.39, 0.29) is 0 Å². The fraction of sp³-hybridized carbons (Fsp3) is 0.545. The van der Waals surface area contributed by atoms with E-state index in [4.69, 9.17) is 10.5 Å². The van der Waals surface area contributed by atoms with Crippen LogP contribution in [-0.4, -0.2) is 23.7 Å². The summed E-state index contributed by atoms with van der Waals surface area (Å²) in [6.07, 6.45) is 5.82. The molecule has 0 aromatic carbocycles. The maximum atomic E-state index is 5.82. The lowest BCUT2D eigenvalue weighted by Gasteiger charge is -2.29. The van der Waals surface area contributed by atoms with Crippen LogP contribution in [0.3, 0.4) is 0 Å². The number of rotatable bonds is 2. The van der Waals surface area contributed by atoms with Crippen LogP contribution in [0.5, 0.6) is 0 Å². The van der Waals surface area contributed by atoms with E-state index in [2.05, 4.69) is 17.2 Å². The second kappa shape index (κ2) is 4.49. The van der Waals surface area contributed by atoms with Gasteiger partial charge >= 0.3 is 0 Å². The molecular weight excluding hydrogens is 190 g/mol. The highest BCUT2D eigenvalue weighted by atomic mass is 16.5. The molecule has 3 N–H and O–H groups in total. The van der Waals surface area contributed by atoms with E-state index in [0.717, 1.165) is 25.1 Å². The van der Waals surface area contributed by atoms with E-state index < -0.39 is 0 Å². The van der Waals surface area contributed by atoms with Gasteiger partial charge in [0, 0.05) is 18.8 Å². The van der Waals surface area contributed by atoms with Crippen molar-refractivity contribution in [1.29, 1.82) is 0 Å². The lowest BCUT2D eigenvalue weighted by atomic mass is 10.0. The summed E-state index contributed by atoms with van der Waals surface area (Å²) >= 11 is 0. The first-order valence-corrected chi connectivity index (χ1v) is 5.33. The summed E-state index contributed by atoms with van der Waals surface area (Å²) < 4.78 is 5.49. The summed E-state index contributed by atoms with van der Waals surface area (Å²) in [4.78, 5) is 3.96. The molecule has 2 atom stereocenters. The number of anilines is 2. The van der Waals surface area contributed by atoms with Crippen molar-refractivity contribution in [2.45, 2.75) is 31.9 Å². The number of nitrogens with one attached hydrogen (secondary N) is 1. The molecule has 1 fully saturated rings. The summed E-state index contributed by atoms with van der Waals surface area (Å²) in [7, 11) is 0. The molecule has 1 aromatic heterocycles. The van der Waals surface area contributed by atoms with E-state index in [9.17, 15) is 0 Å². The van der Waals surface area contributed by atoms with Gasteiger partial charge in [0.1, 0.15) is 0 Å². The average Bonchev–Trinajstić information content (AvgIpc) is 2.22. The summed E-state index contributed by atoms with van der Waals surface area (Å²) in [5.41, 5.74) is 7.50. The third-order valence-corrected chi connectivity index (χ3v) is 2.70. The molecule has 82 valence electrons. The minimum Gasteiger partial charge on any atom is -0.396 e. The highest BCUT2D eigenvalue weighted by molar-refractivity contribution is 5.64. The van der Waals surface area contributed by atoms with E-state index in [1.165, 1.54) is 0 Å². The van der Waals surface area contributed by atoms with Crippen molar-refractivity contribution >= 4 is 11.4 Å². The molecule has 2 heterocycles. The Morgan fingerprint density at radius 1 is 1.60 bits per heavy atom. The Balaban J connectivity index is 1.99. The van der Waals surface area contributed by atoms with Gasteiger partial charge in [-0.2, -0.15) is 0 Å². The lowest BCUT2D eigenvalue weighted by molar-refractivity contribution is 0.0232. The van der Waals surface area contributed by atoms with E-state index in [0.29, 0.717) is 17.8 Å². The van der Waals surface area contributed by atoms with Gasteiger partial charge in [0.2, 0.25) is 0 Å². The molecule has 1 aliphatic heterocycles. The van der Waals surface area contributed by atoms with Crippen LogP contribution >= 0.6 is 0 Å². The van der Waals surface area contributed by atoms with Crippen molar-refractivity contribution in [3.8, 4) is 0 Å². The van der Waals surface area contributed by atoms with Gasteiger partial charge < -0.3 is 15.8 Å². The van der Waals surface area contributed by atoms with Gasteiger partial charge in [0.15, 0.2) is 0 Å². The molecule has 15 heavy (non-hydrogen) atoms. The third kappa shape index (κ3) is 2.59. The van der Waals surface area contributed by atoms with Crippen LogP contribution in [0, 0.1) is 0 Å². The first-order valence-electron chi connectivity index (χ1n) is 5.33. The summed E-state index contributed by atoms with van der Waals surface area (Å²) in [5.74, 6) is 0. The van der Waals surface area contributed by atoms with E-state index in [1.807, 2.05) is 6.07 Å². The number of hydrogen-bond acceptors (Lipinski definition) is 4. The van der Waals surface area contributed by atoms with Crippen LogP contribution in [0.15, 0.2) is 18.5 Å². The third-order valence-electron chi connectivity index (χ3n) is 2.70. The second-order valence-corrected chi connectivity index (χ2v) is 4.01. The number of pyridine rings is 1. The molecule has 1 saturated heterocycles. The van der Waals surface area contributed by atoms with Gasteiger partial charge in [-0.3, -0.25) is 4.98 Å². The molecule has 0 bridgehead atoms. The van der Waals surface area contributed by atoms with Crippen molar-refractivity contribution in [3.05, 3.63) is 18.5 Å².